The van der Waals surface area contributed by atoms with Crippen LogP contribution >= 0.6 is 11.3 Å². The molecule has 3 aromatic rings. The molecule has 4 nitrogen and oxygen atoms in total. The van der Waals surface area contributed by atoms with E-state index in [1.54, 1.807) is 6.07 Å². The molecule has 0 N–H and O–H groups in total. The zero-order valence-electron chi connectivity index (χ0n) is 15.0. The number of thiophene rings is 1. The monoisotopic (exact) mass is 408 g/mol. The first kappa shape index (κ1) is 19.9. The molecule has 0 atom stereocenters. The zero-order chi connectivity index (χ0) is 20.6. The summed E-state index contributed by atoms with van der Waals surface area (Å²) in [6.45, 7) is 6.49. The number of ether oxygens (including phenoxy) is 2. The summed E-state index contributed by atoms with van der Waals surface area (Å²) in [6.07, 6.45) is -4.75. The Morgan fingerprint density at radius 1 is 1.11 bits per heavy atom. The minimum absolute atomic E-state index is 0.0425. The van der Waals surface area contributed by atoms with Gasteiger partial charge in [-0.25, -0.2) is 4.79 Å². The molecule has 0 aliphatic rings. The molecule has 0 saturated carbocycles. The first-order chi connectivity index (χ1) is 13.1. The Labute approximate surface area is 162 Å². The fourth-order valence-corrected chi connectivity index (χ4v) is 3.90. The Morgan fingerprint density at radius 3 is 2.39 bits per heavy atom. The third kappa shape index (κ3) is 3.73. The first-order valence-corrected chi connectivity index (χ1v) is 9.08. The van der Waals surface area contributed by atoms with Crippen LogP contribution in [-0.4, -0.2) is 11.9 Å². The van der Waals surface area contributed by atoms with Gasteiger partial charge in [-0.15, -0.1) is 11.3 Å². The van der Waals surface area contributed by atoms with Gasteiger partial charge in [0.15, 0.2) is 0 Å². The van der Waals surface area contributed by atoms with Crippen LogP contribution in [0.25, 0.3) is 20.2 Å². The third-order valence-electron chi connectivity index (χ3n) is 3.93. The number of hydrogen-bond acceptors (Lipinski definition) is 5. The highest BCUT2D eigenvalue weighted by Gasteiger charge is 2.38. The van der Waals surface area contributed by atoms with Crippen LogP contribution in [0.4, 0.5) is 13.2 Å². The number of esters is 2. The second-order valence-electron chi connectivity index (χ2n) is 6.07. The van der Waals surface area contributed by atoms with Crippen LogP contribution in [0.2, 0.25) is 0 Å². The SMILES string of the molecule is C=C(C)C(=O)Oc1ccc2c(c1)sc1c(C(F)(F)F)c(OC(=O)CC)ccc12. The van der Waals surface area contributed by atoms with Crippen LogP contribution in [0.1, 0.15) is 25.8 Å². The van der Waals surface area contributed by atoms with E-state index in [1.807, 2.05) is 0 Å². The Balaban J connectivity index is 2.19. The van der Waals surface area contributed by atoms with E-state index >= 15 is 0 Å². The van der Waals surface area contributed by atoms with Crippen molar-refractivity contribution in [3.05, 3.63) is 48.0 Å². The molecule has 0 spiro atoms. The van der Waals surface area contributed by atoms with E-state index in [2.05, 4.69) is 6.58 Å². The predicted molar refractivity (Wildman–Crippen MR) is 101 cm³/mol. The van der Waals surface area contributed by atoms with Crippen molar-refractivity contribution < 1.29 is 32.2 Å². The Kier molecular flexibility index (Phi) is 5.16. The van der Waals surface area contributed by atoms with Crippen molar-refractivity contribution >= 4 is 43.4 Å². The number of carbonyl (C=O) groups is 2. The van der Waals surface area contributed by atoms with Crippen molar-refractivity contribution in [1.29, 1.82) is 0 Å². The summed E-state index contributed by atoms with van der Waals surface area (Å²) in [5.41, 5.74) is -0.786. The van der Waals surface area contributed by atoms with E-state index in [0.29, 0.717) is 15.5 Å². The van der Waals surface area contributed by atoms with Crippen LogP contribution in [0.5, 0.6) is 11.5 Å². The van der Waals surface area contributed by atoms with Crippen LogP contribution in [0.3, 0.4) is 0 Å². The molecule has 0 radical (unpaired) electrons. The standard InChI is InChI=1S/C20H15F3O4S/c1-4-16(24)27-14-8-7-13-12-6-5-11(26-19(25)10(2)3)9-15(12)28-18(13)17(14)20(21,22)23/h5-9H,2,4H2,1,3H3. The Hall–Kier alpha value is -2.87. The van der Waals surface area contributed by atoms with Crippen molar-refractivity contribution in [3.8, 4) is 11.5 Å². The van der Waals surface area contributed by atoms with Crippen molar-refractivity contribution in [2.24, 2.45) is 0 Å². The van der Waals surface area contributed by atoms with E-state index < -0.39 is 29.4 Å². The van der Waals surface area contributed by atoms with Gasteiger partial charge in [0.25, 0.3) is 0 Å². The summed E-state index contributed by atoms with van der Waals surface area (Å²) in [6, 6.07) is 7.24. The lowest BCUT2D eigenvalue weighted by Crippen LogP contribution is -2.12. The molecule has 0 saturated heterocycles. The Bertz CT molecular complexity index is 1110. The summed E-state index contributed by atoms with van der Waals surface area (Å²) in [5, 5.41) is 0.954. The fraction of sp³-hybridized carbons (Fsp3) is 0.200. The smallest absolute Gasteiger partial charge is 0.421 e. The van der Waals surface area contributed by atoms with Gasteiger partial charge in [-0.1, -0.05) is 13.5 Å². The highest BCUT2D eigenvalue weighted by atomic mass is 32.1. The number of hydrogen-bond donors (Lipinski definition) is 0. The molecule has 3 rings (SSSR count). The molecule has 1 heterocycles. The molecule has 0 fully saturated rings. The van der Waals surface area contributed by atoms with E-state index in [4.69, 9.17) is 9.47 Å². The van der Waals surface area contributed by atoms with Crippen LogP contribution in [-0.2, 0) is 15.8 Å². The van der Waals surface area contributed by atoms with Crippen molar-refractivity contribution in [3.63, 3.8) is 0 Å². The third-order valence-corrected chi connectivity index (χ3v) is 5.12. The highest BCUT2D eigenvalue weighted by Crippen LogP contribution is 2.47. The normalized spacial score (nSPS) is 11.6. The van der Waals surface area contributed by atoms with Crippen molar-refractivity contribution in [2.45, 2.75) is 26.4 Å². The van der Waals surface area contributed by atoms with Gasteiger partial charge in [0, 0.05) is 27.5 Å². The molecule has 146 valence electrons. The van der Waals surface area contributed by atoms with Gasteiger partial charge in [0.05, 0.1) is 4.70 Å². The summed E-state index contributed by atoms with van der Waals surface area (Å²) < 4.78 is 51.7. The molecule has 0 aliphatic heterocycles. The van der Waals surface area contributed by atoms with Crippen molar-refractivity contribution in [1.82, 2.24) is 0 Å². The van der Waals surface area contributed by atoms with Crippen LogP contribution in [0, 0.1) is 0 Å². The second-order valence-corrected chi connectivity index (χ2v) is 7.12. The number of carbonyl (C=O) groups excluding carboxylic acids is 2. The number of fused-ring (bicyclic) bond motifs is 3. The first-order valence-electron chi connectivity index (χ1n) is 8.26. The minimum atomic E-state index is -4.71. The van der Waals surface area contributed by atoms with Gasteiger partial charge in [0.2, 0.25) is 0 Å². The zero-order valence-corrected chi connectivity index (χ0v) is 15.8. The van der Waals surface area contributed by atoms with Crippen LogP contribution < -0.4 is 9.47 Å². The lowest BCUT2D eigenvalue weighted by molar-refractivity contribution is -0.141. The lowest BCUT2D eigenvalue weighted by atomic mass is 10.1. The highest BCUT2D eigenvalue weighted by molar-refractivity contribution is 7.26. The van der Waals surface area contributed by atoms with E-state index in [1.165, 1.54) is 32.0 Å². The second kappa shape index (κ2) is 7.27. The molecular weight excluding hydrogens is 393 g/mol. The fourth-order valence-electron chi connectivity index (χ4n) is 2.61. The summed E-state index contributed by atoms with van der Waals surface area (Å²) in [4.78, 5) is 23.2. The number of halogens is 3. The van der Waals surface area contributed by atoms with Gasteiger partial charge in [-0.05, 0) is 37.3 Å². The quantitative estimate of drug-likeness (QED) is 0.308. The molecule has 2 aromatic carbocycles. The number of rotatable bonds is 4. The van der Waals surface area contributed by atoms with Gasteiger partial charge < -0.3 is 9.47 Å². The predicted octanol–water partition coefficient (Wildman–Crippen LogP) is 5.87. The lowest BCUT2D eigenvalue weighted by Gasteiger charge is -2.13. The number of alkyl halides is 3. The average molecular weight is 408 g/mol. The van der Waals surface area contributed by atoms with Gasteiger partial charge in [-0.3, -0.25) is 4.79 Å². The number of benzene rings is 2. The van der Waals surface area contributed by atoms with E-state index in [9.17, 15) is 22.8 Å². The van der Waals surface area contributed by atoms with E-state index in [0.717, 1.165) is 17.4 Å². The molecular formula is C20H15F3O4S. The molecule has 8 heteroatoms. The summed E-state index contributed by atoms with van der Waals surface area (Å²) in [5.74, 6) is -1.68. The van der Waals surface area contributed by atoms with Gasteiger partial charge in [-0.2, -0.15) is 13.2 Å². The summed E-state index contributed by atoms with van der Waals surface area (Å²) >= 11 is 0.889. The summed E-state index contributed by atoms with van der Waals surface area (Å²) in [7, 11) is 0. The molecule has 0 unspecified atom stereocenters. The molecule has 0 bridgehead atoms. The molecule has 1 aromatic heterocycles. The maximum Gasteiger partial charge on any atom is 0.421 e. The van der Waals surface area contributed by atoms with Gasteiger partial charge >= 0.3 is 18.1 Å². The molecule has 0 aliphatic carbocycles. The average Bonchev–Trinajstić information content (AvgIpc) is 2.97. The van der Waals surface area contributed by atoms with E-state index in [-0.39, 0.29) is 22.4 Å². The molecule has 0 amide bonds. The largest absolute Gasteiger partial charge is 0.426 e. The maximum absolute atomic E-state index is 13.7. The topological polar surface area (TPSA) is 52.6 Å². The Morgan fingerprint density at radius 2 is 1.79 bits per heavy atom. The van der Waals surface area contributed by atoms with Gasteiger partial charge in [0.1, 0.15) is 17.1 Å². The maximum atomic E-state index is 13.7. The minimum Gasteiger partial charge on any atom is -0.426 e. The molecule has 28 heavy (non-hydrogen) atoms. The van der Waals surface area contributed by atoms with Crippen LogP contribution in [0.15, 0.2) is 42.5 Å². The van der Waals surface area contributed by atoms with Crippen molar-refractivity contribution in [2.75, 3.05) is 0 Å².